The molecule has 38 heavy (non-hydrogen) atoms. The fourth-order valence-corrected chi connectivity index (χ4v) is 6.44. The fourth-order valence-electron chi connectivity index (χ4n) is 4.26. The van der Waals surface area contributed by atoms with Crippen molar-refractivity contribution in [3.63, 3.8) is 0 Å². The largest absolute Gasteiger partial charge is 0.497 e. The predicted octanol–water partition coefficient (Wildman–Crippen LogP) is 4.29. The smallest absolute Gasteiger partial charge is 0.261 e. The molecule has 0 aromatic heterocycles. The lowest BCUT2D eigenvalue weighted by molar-refractivity contribution is 0.123. The van der Waals surface area contributed by atoms with Crippen molar-refractivity contribution in [1.82, 2.24) is 0 Å². The average Bonchev–Trinajstić information content (AvgIpc) is 2.93. The van der Waals surface area contributed by atoms with Crippen LogP contribution in [-0.4, -0.2) is 50.2 Å². The zero-order valence-electron chi connectivity index (χ0n) is 20.6. The molecular weight excluding hydrogens is 526 g/mol. The van der Waals surface area contributed by atoms with E-state index in [0.29, 0.717) is 43.4 Å². The number of nitrogens with one attached hydrogen (secondary N) is 2. The van der Waals surface area contributed by atoms with Gasteiger partial charge in [-0.1, -0.05) is 30.3 Å². The summed E-state index contributed by atoms with van der Waals surface area (Å²) in [4.78, 5) is 1.96. The fraction of sp³-hybridized carbons (Fsp3) is 0.185. The van der Waals surface area contributed by atoms with Crippen LogP contribution in [0.4, 0.5) is 17.1 Å². The summed E-state index contributed by atoms with van der Waals surface area (Å²) < 4.78 is 69.1. The summed E-state index contributed by atoms with van der Waals surface area (Å²) in [6.45, 7) is 2.05. The minimum absolute atomic E-state index is 0.0775. The van der Waals surface area contributed by atoms with Crippen LogP contribution in [0.15, 0.2) is 94.7 Å². The molecule has 1 fully saturated rings. The molecule has 0 radical (unpaired) electrons. The van der Waals surface area contributed by atoms with Gasteiger partial charge in [-0.2, -0.15) is 0 Å². The number of nitrogens with zero attached hydrogens (tertiary/aromatic N) is 1. The average molecular weight is 554 g/mol. The molecule has 1 saturated heterocycles. The molecule has 4 aromatic rings. The molecule has 4 aromatic carbocycles. The highest BCUT2D eigenvalue weighted by Crippen LogP contribution is 2.33. The summed E-state index contributed by atoms with van der Waals surface area (Å²) in [5.41, 5.74) is 1.08. The van der Waals surface area contributed by atoms with Gasteiger partial charge in [0.1, 0.15) is 5.75 Å². The van der Waals surface area contributed by atoms with Crippen LogP contribution in [0.5, 0.6) is 5.75 Å². The first kappa shape index (κ1) is 25.8. The number of benzene rings is 4. The van der Waals surface area contributed by atoms with Crippen molar-refractivity contribution in [2.24, 2.45) is 0 Å². The molecule has 5 rings (SSSR count). The van der Waals surface area contributed by atoms with E-state index in [1.165, 1.54) is 25.3 Å². The molecule has 198 valence electrons. The predicted molar refractivity (Wildman–Crippen MR) is 148 cm³/mol. The first-order valence-electron chi connectivity index (χ1n) is 11.9. The minimum atomic E-state index is -4.03. The van der Waals surface area contributed by atoms with Gasteiger partial charge in [0.2, 0.25) is 0 Å². The third-order valence-electron chi connectivity index (χ3n) is 6.25. The summed E-state index contributed by atoms with van der Waals surface area (Å²) >= 11 is 0. The van der Waals surface area contributed by atoms with Crippen LogP contribution in [0.2, 0.25) is 0 Å². The van der Waals surface area contributed by atoms with Gasteiger partial charge in [-0.15, -0.1) is 0 Å². The molecule has 2 N–H and O–H groups in total. The number of fused-ring (bicyclic) bond motifs is 1. The maximum atomic E-state index is 13.5. The molecule has 1 aliphatic rings. The minimum Gasteiger partial charge on any atom is -0.497 e. The normalized spacial score (nSPS) is 14.3. The van der Waals surface area contributed by atoms with Gasteiger partial charge in [-0.05, 0) is 65.4 Å². The van der Waals surface area contributed by atoms with E-state index in [9.17, 15) is 16.8 Å². The Hall–Kier alpha value is -3.80. The lowest BCUT2D eigenvalue weighted by atomic mass is 10.1. The second-order valence-electron chi connectivity index (χ2n) is 8.73. The van der Waals surface area contributed by atoms with Gasteiger partial charge in [0.15, 0.2) is 0 Å². The third-order valence-corrected chi connectivity index (χ3v) is 8.99. The Morgan fingerprint density at radius 3 is 2.08 bits per heavy atom. The number of morpholine rings is 1. The van der Waals surface area contributed by atoms with Gasteiger partial charge >= 0.3 is 0 Å². The highest BCUT2D eigenvalue weighted by atomic mass is 32.2. The van der Waals surface area contributed by atoms with E-state index in [2.05, 4.69) is 9.44 Å². The van der Waals surface area contributed by atoms with Crippen molar-refractivity contribution >= 4 is 47.9 Å². The number of methoxy groups -OCH3 is 1. The quantitative estimate of drug-likeness (QED) is 0.335. The number of anilines is 3. The molecule has 0 amide bonds. The molecule has 9 nitrogen and oxygen atoms in total. The summed E-state index contributed by atoms with van der Waals surface area (Å²) in [6.07, 6.45) is 0. The molecule has 11 heteroatoms. The first-order chi connectivity index (χ1) is 18.2. The van der Waals surface area contributed by atoms with E-state index in [1.54, 1.807) is 42.5 Å². The van der Waals surface area contributed by atoms with Crippen LogP contribution in [-0.2, 0) is 24.8 Å². The second-order valence-corrected chi connectivity index (χ2v) is 12.1. The molecule has 0 atom stereocenters. The van der Waals surface area contributed by atoms with E-state index in [0.717, 1.165) is 10.8 Å². The number of hydrogen-bond acceptors (Lipinski definition) is 7. The summed E-state index contributed by atoms with van der Waals surface area (Å²) in [7, 11) is -6.53. The Bertz CT molecular complexity index is 1670. The molecule has 1 heterocycles. The van der Waals surface area contributed by atoms with Crippen LogP contribution in [0.1, 0.15) is 0 Å². The van der Waals surface area contributed by atoms with Crippen molar-refractivity contribution < 1.29 is 26.3 Å². The molecule has 0 bridgehead atoms. The van der Waals surface area contributed by atoms with Crippen LogP contribution in [0.25, 0.3) is 10.8 Å². The SMILES string of the molecule is COc1ccc(NS(=O)(=O)c2ccc(N3CCOCC3)c(NS(=O)(=O)c3ccc4ccccc4c3)c2)cc1. The summed E-state index contributed by atoms with van der Waals surface area (Å²) in [5.74, 6) is 0.591. The van der Waals surface area contributed by atoms with Crippen molar-refractivity contribution in [3.05, 3.63) is 84.9 Å². The van der Waals surface area contributed by atoms with Crippen molar-refractivity contribution in [3.8, 4) is 5.75 Å². The van der Waals surface area contributed by atoms with E-state index in [1.807, 2.05) is 29.2 Å². The van der Waals surface area contributed by atoms with Crippen LogP contribution >= 0.6 is 0 Å². The van der Waals surface area contributed by atoms with Crippen LogP contribution in [0.3, 0.4) is 0 Å². The Labute approximate surface area is 222 Å². The molecule has 0 unspecified atom stereocenters. The van der Waals surface area contributed by atoms with E-state index < -0.39 is 20.0 Å². The monoisotopic (exact) mass is 553 g/mol. The topological polar surface area (TPSA) is 114 Å². The van der Waals surface area contributed by atoms with Crippen molar-refractivity contribution in [1.29, 1.82) is 0 Å². The van der Waals surface area contributed by atoms with E-state index in [4.69, 9.17) is 9.47 Å². The molecule has 0 saturated carbocycles. The zero-order valence-corrected chi connectivity index (χ0v) is 22.3. The number of rotatable bonds is 8. The van der Waals surface area contributed by atoms with Gasteiger partial charge in [0.05, 0.1) is 41.5 Å². The highest BCUT2D eigenvalue weighted by molar-refractivity contribution is 7.93. The zero-order chi connectivity index (χ0) is 26.8. The van der Waals surface area contributed by atoms with Crippen LogP contribution in [0, 0.1) is 0 Å². The van der Waals surface area contributed by atoms with Crippen molar-refractivity contribution in [2.45, 2.75) is 9.79 Å². The molecule has 1 aliphatic heterocycles. The van der Waals surface area contributed by atoms with Gasteiger partial charge in [0, 0.05) is 18.8 Å². The number of sulfonamides is 2. The highest BCUT2D eigenvalue weighted by Gasteiger charge is 2.24. The second kappa shape index (κ2) is 10.5. The van der Waals surface area contributed by atoms with Gasteiger partial charge < -0.3 is 14.4 Å². The Morgan fingerprint density at radius 1 is 0.737 bits per heavy atom. The molecule has 0 aliphatic carbocycles. The summed E-state index contributed by atoms with van der Waals surface area (Å²) in [5, 5.41) is 1.70. The molecular formula is C27H27N3O6S2. The Kier molecular flexibility index (Phi) is 7.15. The van der Waals surface area contributed by atoms with Gasteiger partial charge in [0.25, 0.3) is 20.0 Å². The number of hydrogen-bond donors (Lipinski definition) is 2. The summed E-state index contributed by atoms with van der Waals surface area (Å²) in [6, 6.07) is 23.2. The maximum Gasteiger partial charge on any atom is 0.261 e. The standard InChI is InChI=1S/C27H27N3O6S2/c1-35-23-9-7-22(8-10-23)28-37(31,32)25-12-13-27(30-14-16-36-17-15-30)26(19-25)29-38(33,34)24-11-6-20-4-2-3-5-21(20)18-24/h2-13,18-19,28-29H,14-17H2,1H3. The lowest BCUT2D eigenvalue weighted by Crippen LogP contribution is -2.36. The van der Waals surface area contributed by atoms with Crippen molar-refractivity contribution in [2.75, 3.05) is 47.8 Å². The lowest BCUT2D eigenvalue weighted by Gasteiger charge is -2.31. The Balaban J connectivity index is 1.51. The van der Waals surface area contributed by atoms with Gasteiger partial charge in [-0.3, -0.25) is 9.44 Å². The van der Waals surface area contributed by atoms with E-state index in [-0.39, 0.29) is 15.5 Å². The molecule has 0 spiro atoms. The Morgan fingerprint density at radius 2 is 1.37 bits per heavy atom. The van der Waals surface area contributed by atoms with Gasteiger partial charge in [-0.25, -0.2) is 16.8 Å². The van der Waals surface area contributed by atoms with Crippen LogP contribution < -0.4 is 19.1 Å². The first-order valence-corrected chi connectivity index (χ1v) is 14.9. The third kappa shape index (κ3) is 5.54. The maximum absolute atomic E-state index is 13.5. The van der Waals surface area contributed by atoms with E-state index >= 15 is 0 Å². The number of ether oxygens (including phenoxy) is 2.